The summed E-state index contributed by atoms with van der Waals surface area (Å²) in [5, 5.41) is 20.1. The molecule has 0 bridgehead atoms. The van der Waals surface area contributed by atoms with Crippen LogP contribution in [0.4, 0.5) is 0 Å². The van der Waals surface area contributed by atoms with E-state index in [0.29, 0.717) is 5.56 Å². The molecule has 0 atom stereocenters. The maximum absolute atomic E-state index is 10.1. The Labute approximate surface area is 108 Å². The second-order valence-corrected chi connectivity index (χ2v) is 4.32. The molecule has 18 heavy (non-hydrogen) atoms. The Hall–Kier alpha value is -1.96. The molecular weight excluding hydrogens is 224 g/mol. The molecule has 0 heterocycles. The number of hydrogen-bond donors (Lipinski definition) is 2. The van der Waals surface area contributed by atoms with Gasteiger partial charge in [0.25, 0.3) is 0 Å². The van der Waals surface area contributed by atoms with Gasteiger partial charge in [-0.1, -0.05) is 38.1 Å². The number of aromatic hydroxyl groups is 2. The summed E-state index contributed by atoms with van der Waals surface area (Å²) in [6.07, 6.45) is 1.76. The summed E-state index contributed by atoms with van der Waals surface area (Å²) >= 11 is 0. The molecule has 2 N–H and O–H groups in total. The minimum Gasteiger partial charge on any atom is -0.507 e. The summed E-state index contributed by atoms with van der Waals surface area (Å²) in [6, 6.07) is 10.8. The summed E-state index contributed by atoms with van der Waals surface area (Å²) in [5.41, 5.74) is 3.78. The molecule has 94 valence electrons. The molecule has 0 saturated carbocycles. The quantitative estimate of drug-likeness (QED) is 0.857. The van der Waals surface area contributed by atoms with E-state index in [-0.39, 0.29) is 11.5 Å². The highest BCUT2D eigenvalue weighted by molar-refractivity contribution is 5.79. The fourth-order valence-electron chi connectivity index (χ4n) is 2.40. The number of phenols is 2. The Morgan fingerprint density at radius 1 is 0.833 bits per heavy atom. The molecule has 0 radical (unpaired) electrons. The van der Waals surface area contributed by atoms with E-state index in [1.807, 2.05) is 18.2 Å². The Kier molecular flexibility index (Phi) is 3.56. The van der Waals surface area contributed by atoms with E-state index >= 15 is 0 Å². The first kappa shape index (κ1) is 12.5. The molecule has 2 nitrogen and oxygen atoms in total. The number of para-hydroxylation sites is 1. The lowest BCUT2D eigenvalue weighted by Gasteiger charge is -2.15. The normalized spacial score (nSPS) is 10.6. The molecule has 2 aromatic carbocycles. The van der Waals surface area contributed by atoms with Gasteiger partial charge in [-0.15, -0.1) is 0 Å². The van der Waals surface area contributed by atoms with Gasteiger partial charge in [0.1, 0.15) is 11.5 Å². The van der Waals surface area contributed by atoms with E-state index in [2.05, 4.69) is 13.8 Å². The van der Waals surface area contributed by atoms with Crippen molar-refractivity contribution >= 4 is 0 Å². The van der Waals surface area contributed by atoms with Crippen LogP contribution in [0, 0.1) is 0 Å². The molecule has 0 aliphatic carbocycles. The van der Waals surface area contributed by atoms with Gasteiger partial charge in [-0.25, -0.2) is 0 Å². The lowest BCUT2D eigenvalue weighted by molar-refractivity contribution is 0.468. The molecule has 0 spiro atoms. The fraction of sp³-hybridized carbons (Fsp3) is 0.250. The summed E-state index contributed by atoms with van der Waals surface area (Å²) in [6.45, 7) is 4.16. The zero-order valence-corrected chi connectivity index (χ0v) is 10.8. The van der Waals surface area contributed by atoms with Crippen LogP contribution in [0.1, 0.15) is 25.0 Å². The third kappa shape index (κ3) is 2.06. The van der Waals surface area contributed by atoms with Crippen LogP contribution in [0.2, 0.25) is 0 Å². The number of rotatable bonds is 3. The summed E-state index contributed by atoms with van der Waals surface area (Å²) in [4.78, 5) is 0. The van der Waals surface area contributed by atoms with Gasteiger partial charge < -0.3 is 10.2 Å². The van der Waals surface area contributed by atoms with Crippen LogP contribution in [0.5, 0.6) is 11.5 Å². The maximum atomic E-state index is 10.1. The molecule has 0 aliphatic heterocycles. The van der Waals surface area contributed by atoms with Crippen molar-refractivity contribution in [1.82, 2.24) is 0 Å². The van der Waals surface area contributed by atoms with Crippen molar-refractivity contribution in [2.45, 2.75) is 26.7 Å². The van der Waals surface area contributed by atoms with Crippen molar-refractivity contribution in [3.8, 4) is 22.6 Å². The predicted octanol–water partition coefficient (Wildman–Crippen LogP) is 3.89. The van der Waals surface area contributed by atoms with Gasteiger partial charge in [0.2, 0.25) is 0 Å². The number of benzene rings is 2. The lowest BCUT2D eigenvalue weighted by Crippen LogP contribution is -1.95. The van der Waals surface area contributed by atoms with Crippen LogP contribution in [0.15, 0.2) is 36.4 Å². The molecule has 0 amide bonds. The summed E-state index contributed by atoms with van der Waals surface area (Å²) in [7, 11) is 0. The molecular formula is C16H18O2. The second kappa shape index (κ2) is 5.13. The van der Waals surface area contributed by atoms with E-state index in [0.717, 1.165) is 24.0 Å². The van der Waals surface area contributed by atoms with Crippen LogP contribution >= 0.6 is 0 Å². The van der Waals surface area contributed by atoms with Crippen LogP contribution in [0.3, 0.4) is 0 Å². The summed E-state index contributed by atoms with van der Waals surface area (Å²) < 4.78 is 0. The van der Waals surface area contributed by atoms with Gasteiger partial charge >= 0.3 is 0 Å². The third-order valence-electron chi connectivity index (χ3n) is 3.30. The molecule has 2 rings (SSSR count). The first-order chi connectivity index (χ1) is 8.69. The first-order valence-corrected chi connectivity index (χ1v) is 6.31. The van der Waals surface area contributed by atoms with Gasteiger partial charge in [0.15, 0.2) is 0 Å². The largest absolute Gasteiger partial charge is 0.507 e. The van der Waals surface area contributed by atoms with E-state index in [4.69, 9.17) is 0 Å². The topological polar surface area (TPSA) is 40.5 Å². The zero-order valence-electron chi connectivity index (χ0n) is 10.8. The van der Waals surface area contributed by atoms with Gasteiger partial charge in [0, 0.05) is 11.1 Å². The van der Waals surface area contributed by atoms with E-state index < -0.39 is 0 Å². The highest BCUT2D eigenvalue weighted by Gasteiger charge is 2.15. The smallest absolute Gasteiger partial charge is 0.123 e. The van der Waals surface area contributed by atoms with Crippen LogP contribution in [0.25, 0.3) is 11.1 Å². The van der Waals surface area contributed by atoms with E-state index in [1.165, 1.54) is 5.56 Å². The van der Waals surface area contributed by atoms with Gasteiger partial charge in [-0.05, 0) is 36.1 Å². The van der Waals surface area contributed by atoms with Gasteiger partial charge in [0.05, 0.1) is 0 Å². The van der Waals surface area contributed by atoms with Crippen molar-refractivity contribution < 1.29 is 10.2 Å². The van der Waals surface area contributed by atoms with Gasteiger partial charge in [-0.3, -0.25) is 0 Å². The Morgan fingerprint density at radius 2 is 1.56 bits per heavy atom. The van der Waals surface area contributed by atoms with Crippen LogP contribution in [-0.2, 0) is 12.8 Å². The minimum absolute atomic E-state index is 0.204. The number of aryl methyl sites for hydroxylation is 1. The molecule has 0 unspecified atom stereocenters. The zero-order chi connectivity index (χ0) is 13.1. The third-order valence-corrected chi connectivity index (χ3v) is 3.30. The van der Waals surface area contributed by atoms with Crippen molar-refractivity contribution in [1.29, 1.82) is 0 Å². The Morgan fingerprint density at radius 3 is 2.17 bits per heavy atom. The van der Waals surface area contributed by atoms with Crippen molar-refractivity contribution in [3.63, 3.8) is 0 Å². The molecule has 0 saturated heterocycles. The molecule has 2 heteroatoms. The maximum Gasteiger partial charge on any atom is 0.123 e. The second-order valence-electron chi connectivity index (χ2n) is 4.32. The molecule has 2 aromatic rings. The van der Waals surface area contributed by atoms with Crippen molar-refractivity contribution in [2.24, 2.45) is 0 Å². The average molecular weight is 242 g/mol. The fourth-order valence-corrected chi connectivity index (χ4v) is 2.40. The van der Waals surface area contributed by atoms with Crippen molar-refractivity contribution in [2.75, 3.05) is 0 Å². The van der Waals surface area contributed by atoms with E-state index in [9.17, 15) is 10.2 Å². The highest BCUT2D eigenvalue weighted by Crippen LogP contribution is 2.39. The Balaban J connectivity index is 2.74. The average Bonchev–Trinajstić information content (AvgIpc) is 2.39. The number of phenolic OH excluding ortho intramolecular Hbond substituents is 2. The lowest BCUT2D eigenvalue weighted by atomic mass is 9.91. The monoisotopic (exact) mass is 242 g/mol. The summed E-state index contributed by atoms with van der Waals surface area (Å²) in [5.74, 6) is 0.432. The standard InChI is InChI=1S/C16H18O2/c1-3-11-9-10-15(18)16(12(11)4-2)13-7-5-6-8-14(13)17/h5-10,17-18H,3-4H2,1-2H3. The minimum atomic E-state index is 0.204. The molecule has 0 fully saturated rings. The van der Waals surface area contributed by atoms with Gasteiger partial charge in [-0.2, -0.15) is 0 Å². The first-order valence-electron chi connectivity index (χ1n) is 6.31. The highest BCUT2D eigenvalue weighted by atomic mass is 16.3. The number of hydrogen-bond acceptors (Lipinski definition) is 2. The van der Waals surface area contributed by atoms with E-state index in [1.54, 1.807) is 18.2 Å². The molecule has 0 aromatic heterocycles. The molecule has 0 aliphatic rings. The van der Waals surface area contributed by atoms with Crippen LogP contribution < -0.4 is 0 Å². The van der Waals surface area contributed by atoms with Crippen molar-refractivity contribution in [3.05, 3.63) is 47.5 Å². The predicted molar refractivity (Wildman–Crippen MR) is 74.0 cm³/mol. The Bertz CT molecular complexity index is 559. The van der Waals surface area contributed by atoms with Crippen LogP contribution in [-0.4, -0.2) is 10.2 Å². The SMILES string of the molecule is CCc1ccc(O)c(-c2ccccc2O)c1CC.